The van der Waals surface area contributed by atoms with Gasteiger partial charge in [0.15, 0.2) is 0 Å². The van der Waals surface area contributed by atoms with Crippen LogP contribution in [0.15, 0.2) is 59.5 Å². The number of benzene rings is 2. The van der Waals surface area contributed by atoms with E-state index in [0.717, 1.165) is 31.2 Å². The number of likely N-dealkylation sites (N-methyl/N-ethyl adjacent to an activating group) is 1. The number of carbonyl (C=O) groups excluding carboxylic acids is 1. The first kappa shape index (κ1) is 21.4. The SMILES string of the molecule is CC(C)c1ccc(N(CC(=O)N(C)C2CCCC2)S(=O)(=O)c2ccccc2)cc1. The van der Waals surface area contributed by atoms with Crippen LogP contribution in [0.25, 0.3) is 0 Å². The zero-order valence-corrected chi connectivity index (χ0v) is 18.2. The van der Waals surface area contributed by atoms with Crippen molar-refractivity contribution < 1.29 is 13.2 Å². The van der Waals surface area contributed by atoms with Gasteiger partial charge in [0.1, 0.15) is 6.54 Å². The maximum absolute atomic E-state index is 13.4. The van der Waals surface area contributed by atoms with Gasteiger partial charge >= 0.3 is 0 Å². The van der Waals surface area contributed by atoms with Crippen molar-refractivity contribution in [2.75, 3.05) is 17.9 Å². The molecule has 2 aromatic carbocycles. The van der Waals surface area contributed by atoms with Crippen molar-refractivity contribution in [3.8, 4) is 0 Å². The van der Waals surface area contributed by atoms with E-state index in [4.69, 9.17) is 0 Å². The minimum absolute atomic E-state index is 0.177. The average Bonchev–Trinajstić information content (AvgIpc) is 3.26. The van der Waals surface area contributed by atoms with Crippen LogP contribution in [0.5, 0.6) is 0 Å². The molecule has 5 nitrogen and oxygen atoms in total. The standard InChI is InChI=1S/C23H30N2O3S/c1-18(2)19-13-15-21(16-14-19)25(29(27,28)22-11-5-4-6-12-22)17-23(26)24(3)20-9-7-8-10-20/h4-6,11-16,18,20H,7-10,17H2,1-3H3. The molecule has 1 aliphatic rings. The molecule has 1 amide bonds. The third-order valence-corrected chi connectivity index (χ3v) is 7.51. The van der Waals surface area contributed by atoms with Crippen LogP contribution >= 0.6 is 0 Å². The van der Waals surface area contributed by atoms with Crippen LogP contribution < -0.4 is 4.31 Å². The quantitative estimate of drug-likeness (QED) is 0.674. The van der Waals surface area contributed by atoms with Crippen molar-refractivity contribution in [2.24, 2.45) is 0 Å². The van der Waals surface area contributed by atoms with E-state index in [0.29, 0.717) is 11.6 Å². The summed E-state index contributed by atoms with van der Waals surface area (Å²) in [5.41, 5.74) is 1.63. The van der Waals surface area contributed by atoms with Crippen molar-refractivity contribution >= 4 is 21.6 Å². The summed E-state index contributed by atoms with van der Waals surface area (Å²) in [5, 5.41) is 0. The van der Waals surface area contributed by atoms with Crippen LogP contribution in [-0.2, 0) is 14.8 Å². The van der Waals surface area contributed by atoms with Gasteiger partial charge in [0.25, 0.3) is 10.0 Å². The van der Waals surface area contributed by atoms with E-state index in [1.165, 1.54) is 4.31 Å². The zero-order valence-electron chi connectivity index (χ0n) is 17.4. The molecule has 1 saturated carbocycles. The summed E-state index contributed by atoms with van der Waals surface area (Å²) in [6, 6.07) is 15.9. The van der Waals surface area contributed by atoms with Gasteiger partial charge in [-0.05, 0) is 48.6 Å². The second-order valence-corrected chi connectivity index (χ2v) is 9.88. The van der Waals surface area contributed by atoms with E-state index in [1.54, 1.807) is 54.4 Å². The third-order valence-electron chi connectivity index (χ3n) is 5.72. The fraction of sp³-hybridized carbons (Fsp3) is 0.435. The Kier molecular flexibility index (Phi) is 6.63. The lowest BCUT2D eigenvalue weighted by atomic mass is 10.0. The lowest BCUT2D eigenvalue weighted by Crippen LogP contribution is -2.44. The van der Waals surface area contributed by atoms with Gasteiger partial charge in [0.2, 0.25) is 5.91 Å². The maximum Gasteiger partial charge on any atom is 0.264 e. The number of sulfonamides is 1. The summed E-state index contributed by atoms with van der Waals surface area (Å²) < 4.78 is 28.0. The van der Waals surface area contributed by atoms with Crippen LogP contribution in [0.3, 0.4) is 0 Å². The van der Waals surface area contributed by atoms with E-state index < -0.39 is 10.0 Å². The molecule has 1 aliphatic carbocycles. The van der Waals surface area contributed by atoms with Crippen molar-refractivity contribution in [3.63, 3.8) is 0 Å². The first-order chi connectivity index (χ1) is 13.8. The number of amides is 1. The van der Waals surface area contributed by atoms with Gasteiger partial charge in [-0.25, -0.2) is 8.42 Å². The topological polar surface area (TPSA) is 57.7 Å². The Morgan fingerprint density at radius 3 is 2.14 bits per heavy atom. The van der Waals surface area contributed by atoms with Crippen LogP contribution in [0.1, 0.15) is 51.0 Å². The number of hydrogen-bond donors (Lipinski definition) is 0. The second-order valence-electron chi connectivity index (χ2n) is 8.01. The molecule has 2 aromatic rings. The van der Waals surface area contributed by atoms with Crippen LogP contribution in [0.2, 0.25) is 0 Å². The summed E-state index contributed by atoms with van der Waals surface area (Å²) in [6.07, 6.45) is 4.20. The molecule has 1 fully saturated rings. The fourth-order valence-electron chi connectivity index (χ4n) is 3.79. The van der Waals surface area contributed by atoms with Crippen LogP contribution in [0.4, 0.5) is 5.69 Å². The van der Waals surface area contributed by atoms with Gasteiger partial charge in [-0.3, -0.25) is 9.10 Å². The maximum atomic E-state index is 13.4. The number of rotatable bonds is 7. The van der Waals surface area contributed by atoms with Crippen molar-refractivity contribution in [2.45, 2.75) is 56.4 Å². The highest BCUT2D eigenvalue weighted by Crippen LogP contribution is 2.27. The van der Waals surface area contributed by atoms with E-state index in [-0.39, 0.29) is 23.4 Å². The summed E-state index contributed by atoms with van der Waals surface area (Å²) >= 11 is 0. The Morgan fingerprint density at radius 2 is 1.59 bits per heavy atom. The molecule has 6 heteroatoms. The average molecular weight is 415 g/mol. The lowest BCUT2D eigenvalue weighted by molar-refractivity contribution is -0.130. The smallest absolute Gasteiger partial charge is 0.264 e. The van der Waals surface area contributed by atoms with E-state index in [2.05, 4.69) is 13.8 Å². The summed E-state index contributed by atoms with van der Waals surface area (Å²) in [4.78, 5) is 14.9. The zero-order chi connectivity index (χ0) is 21.0. The van der Waals surface area contributed by atoms with Gasteiger partial charge in [0, 0.05) is 13.1 Å². The predicted molar refractivity (Wildman–Crippen MR) is 117 cm³/mol. The number of anilines is 1. The summed E-state index contributed by atoms with van der Waals surface area (Å²) in [7, 11) is -2.07. The van der Waals surface area contributed by atoms with Gasteiger partial charge < -0.3 is 4.90 Å². The van der Waals surface area contributed by atoms with Gasteiger partial charge in [-0.2, -0.15) is 0 Å². The molecule has 0 aromatic heterocycles. The molecule has 0 heterocycles. The molecule has 0 atom stereocenters. The van der Waals surface area contributed by atoms with Gasteiger partial charge in [-0.15, -0.1) is 0 Å². The Labute approximate surface area is 174 Å². The number of hydrogen-bond acceptors (Lipinski definition) is 3. The predicted octanol–water partition coefficient (Wildman–Crippen LogP) is 4.41. The number of carbonyl (C=O) groups is 1. The summed E-state index contributed by atoms with van der Waals surface area (Å²) in [5.74, 6) is 0.169. The molecule has 0 radical (unpaired) electrons. The molecule has 0 spiro atoms. The minimum atomic E-state index is -3.85. The Morgan fingerprint density at radius 1 is 1.00 bits per heavy atom. The first-order valence-electron chi connectivity index (χ1n) is 10.2. The Hall–Kier alpha value is -2.34. The van der Waals surface area contributed by atoms with E-state index in [9.17, 15) is 13.2 Å². The normalized spacial score (nSPS) is 14.9. The molecule has 0 saturated heterocycles. The Balaban J connectivity index is 1.94. The highest BCUT2D eigenvalue weighted by molar-refractivity contribution is 7.92. The second kappa shape index (κ2) is 8.99. The molecular formula is C23H30N2O3S. The van der Waals surface area contributed by atoms with Crippen molar-refractivity contribution in [1.29, 1.82) is 0 Å². The van der Waals surface area contributed by atoms with Gasteiger partial charge in [-0.1, -0.05) is 57.0 Å². The van der Waals surface area contributed by atoms with Crippen LogP contribution in [-0.4, -0.2) is 38.9 Å². The number of nitrogens with zero attached hydrogens (tertiary/aromatic N) is 2. The monoisotopic (exact) mass is 414 g/mol. The molecule has 3 rings (SSSR count). The molecular weight excluding hydrogens is 384 g/mol. The third kappa shape index (κ3) is 4.81. The lowest BCUT2D eigenvalue weighted by Gasteiger charge is -2.29. The van der Waals surface area contributed by atoms with Crippen molar-refractivity contribution in [1.82, 2.24) is 4.90 Å². The Bertz CT molecular complexity index is 918. The van der Waals surface area contributed by atoms with Crippen LogP contribution in [0, 0.1) is 0 Å². The molecule has 0 aliphatic heterocycles. The largest absolute Gasteiger partial charge is 0.341 e. The molecule has 0 N–H and O–H groups in total. The highest BCUT2D eigenvalue weighted by Gasteiger charge is 2.30. The molecule has 156 valence electrons. The fourth-order valence-corrected chi connectivity index (χ4v) is 5.23. The van der Waals surface area contributed by atoms with Crippen molar-refractivity contribution in [3.05, 3.63) is 60.2 Å². The van der Waals surface area contributed by atoms with E-state index in [1.807, 2.05) is 12.1 Å². The molecule has 0 unspecified atom stereocenters. The highest BCUT2D eigenvalue weighted by atomic mass is 32.2. The minimum Gasteiger partial charge on any atom is -0.341 e. The summed E-state index contributed by atoms with van der Waals surface area (Å²) in [6.45, 7) is 3.98. The molecule has 29 heavy (non-hydrogen) atoms. The molecule has 0 bridgehead atoms. The van der Waals surface area contributed by atoms with E-state index >= 15 is 0 Å². The van der Waals surface area contributed by atoms with Gasteiger partial charge in [0.05, 0.1) is 10.6 Å². The first-order valence-corrected chi connectivity index (χ1v) is 11.7.